The number of hydrogen-bond acceptors (Lipinski definition) is 4. The summed E-state index contributed by atoms with van der Waals surface area (Å²) < 4.78 is 22.5. The van der Waals surface area contributed by atoms with Crippen molar-refractivity contribution in [1.29, 1.82) is 0 Å². The molecule has 4 nitrogen and oxygen atoms in total. The Bertz CT molecular complexity index is 322. The predicted octanol–water partition coefficient (Wildman–Crippen LogP) is 0.314. The second-order valence-corrected chi connectivity index (χ2v) is 7.30. The van der Waals surface area contributed by atoms with Crippen molar-refractivity contribution in [3.63, 3.8) is 0 Å². The first-order valence-electron chi connectivity index (χ1n) is 6.19. The van der Waals surface area contributed by atoms with Gasteiger partial charge >= 0.3 is 0 Å². The first-order valence-corrected chi connectivity index (χ1v) is 8.01. The van der Waals surface area contributed by atoms with E-state index in [0.29, 0.717) is 0 Å². The molecule has 2 rings (SSSR count). The van der Waals surface area contributed by atoms with Crippen molar-refractivity contribution in [3.8, 4) is 0 Å². The summed E-state index contributed by atoms with van der Waals surface area (Å²) in [5, 5.41) is 12.8. The Balaban J connectivity index is 1.70. The number of hydrogen-bond donors (Lipinski definition) is 2. The van der Waals surface area contributed by atoms with E-state index in [1.54, 1.807) is 0 Å². The monoisotopic (exact) mass is 247 g/mol. The van der Waals surface area contributed by atoms with Gasteiger partial charge in [-0.1, -0.05) is 25.7 Å². The molecule has 1 saturated heterocycles. The Labute approximate surface area is 97.3 Å². The summed E-state index contributed by atoms with van der Waals surface area (Å²) in [5.41, 5.74) is 0. The standard InChI is InChI=1S/C11H21NO3S/c13-11-8-16(14,15)7-10(11)12-6-5-9-3-1-2-4-9/h9-13H,1-8H2. The summed E-state index contributed by atoms with van der Waals surface area (Å²) >= 11 is 0. The number of sulfone groups is 1. The topological polar surface area (TPSA) is 66.4 Å². The lowest BCUT2D eigenvalue weighted by Gasteiger charge is -2.16. The van der Waals surface area contributed by atoms with Crippen LogP contribution in [0.25, 0.3) is 0 Å². The van der Waals surface area contributed by atoms with Gasteiger partial charge in [-0.25, -0.2) is 8.42 Å². The Morgan fingerprint density at radius 1 is 1.19 bits per heavy atom. The number of nitrogens with one attached hydrogen (secondary N) is 1. The summed E-state index contributed by atoms with van der Waals surface area (Å²) in [4.78, 5) is 0. The van der Waals surface area contributed by atoms with Crippen molar-refractivity contribution in [2.45, 2.75) is 44.2 Å². The van der Waals surface area contributed by atoms with E-state index in [0.717, 1.165) is 18.9 Å². The lowest BCUT2D eigenvalue weighted by molar-refractivity contribution is 0.165. The van der Waals surface area contributed by atoms with Crippen molar-refractivity contribution in [3.05, 3.63) is 0 Å². The Morgan fingerprint density at radius 3 is 2.44 bits per heavy atom. The first-order chi connectivity index (χ1) is 7.57. The smallest absolute Gasteiger partial charge is 0.154 e. The molecule has 0 aromatic rings. The van der Waals surface area contributed by atoms with E-state index in [2.05, 4.69) is 5.32 Å². The van der Waals surface area contributed by atoms with E-state index in [9.17, 15) is 13.5 Å². The molecule has 1 heterocycles. The maximum Gasteiger partial charge on any atom is 0.154 e. The lowest BCUT2D eigenvalue weighted by Crippen LogP contribution is -2.39. The maximum absolute atomic E-state index is 11.3. The van der Waals surface area contributed by atoms with Gasteiger partial charge in [0.15, 0.2) is 9.84 Å². The zero-order valence-electron chi connectivity index (χ0n) is 9.56. The summed E-state index contributed by atoms with van der Waals surface area (Å²) in [6.07, 6.45) is 5.70. The highest BCUT2D eigenvalue weighted by molar-refractivity contribution is 7.91. The van der Waals surface area contributed by atoms with Crippen LogP contribution >= 0.6 is 0 Å². The minimum atomic E-state index is -3.01. The fourth-order valence-corrected chi connectivity index (χ4v) is 4.57. The predicted molar refractivity (Wildman–Crippen MR) is 63.0 cm³/mol. The fraction of sp³-hybridized carbons (Fsp3) is 1.00. The third kappa shape index (κ3) is 3.18. The van der Waals surface area contributed by atoms with Gasteiger partial charge in [0.1, 0.15) is 0 Å². The van der Waals surface area contributed by atoms with Gasteiger partial charge in [-0.15, -0.1) is 0 Å². The van der Waals surface area contributed by atoms with Crippen molar-refractivity contribution in [2.24, 2.45) is 5.92 Å². The van der Waals surface area contributed by atoms with Crippen molar-refractivity contribution in [2.75, 3.05) is 18.1 Å². The Morgan fingerprint density at radius 2 is 1.88 bits per heavy atom. The molecule has 0 aromatic heterocycles. The summed E-state index contributed by atoms with van der Waals surface area (Å²) in [6.45, 7) is 0.835. The minimum absolute atomic E-state index is 0.0753. The molecular formula is C11H21NO3S. The maximum atomic E-state index is 11.3. The van der Waals surface area contributed by atoms with Crippen molar-refractivity contribution < 1.29 is 13.5 Å². The molecule has 0 amide bonds. The number of rotatable bonds is 4. The van der Waals surface area contributed by atoms with Crippen LogP contribution in [-0.4, -0.2) is 43.7 Å². The van der Waals surface area contributed by atoms with Gasteiger partial charge < -0.3 is 10.4 Å². The fourth-order valence-electron chi connectivity index (χ4n) is 2.80. The van der Waals surface area contributed by atoms with Gasteiger partial charge in [0.05, 0.1) is 17.6 Å². The van der Waals surface area contributed by atoms with Crippen LogP contribution in [0.2, 0.25) is 0 Å². The molecule has 0 radical (unpaired) electrons. The van der Waals surface area contributed by atoms with Crippen molar-refractivity contribution in [1.82, 2.24) is 5.32 Å². The van der Waals surface area contributed by atoms with Crippen LogP contribution in [0, 0.1) is 5.92 Å². The lowest BCUT2D eigenvalue weighted by atomic mass is 10.0. The molecule has 1 aliphatic heterocycles. The molecule has 0 spiro atoms. The molecule has 2 aliphatic rings. The van der Waals surface area contributed by atoms with E-state index in [4.69, 9.17) is 0 Å². The molecule has 2 atom stereocenters. The van der Waals surface area contributed by atoms with Gasteiger partial charge in [-0.3, -0.25) is 0 Å². The van der Waals surface area contributed by atoms with Gasteiger partial charge in [0.2, 0.25) is 0 Å². The van der Waals surface area contributed by atoms with Crippen LogP contribution in [0.4, 0.5) is 0 Å². The van der Waals surface area contributed by atoms with E-state index < -0.39 is 15.9 Å². The molecular weight excluding hydrogens is 226 g/mol. The third-order valence-corrected chi connectivity index (χ3v) is 5.47. The summed E-state index contributed by atoms with van der Waals surface area (Å²) in [7, 11) is -3.01. The van der Waals surface area contributed by atoms with Crippen LogP contribution in [0.5, 0.6) is 0 Å². The van der Waals surface area contributed by atoms with Crippen LogP contribution in [0.15, 0.2) is 0 Å². The molecule has 16 heavy (non-hydrogen) atoms. The number of aliphatic hydroxyl groups is 1. The molecule has 2 fully saturated rings. The van der Waals surface area contributed by atoms with Crippen LogP contribution < -0.4 is 5.32 Å². The second-order valence-electron chi connectivity index (χ2n) is 5.14. The molecule has 1 aliphatic carbocycles. The van der Waals surface area contributed by atoms with Crippen LogP contribution in [0.3, 0.4) is 0 Å². The van der Waals surface area contributed by atoms with Crippen LogP contribution in [-0.2, 0) is 9.84 Å². The molecule has 2 N–H and O–H groups in total. The largest absolute Gasteiger partial charge is 0.390 e. The Kier molecular flexibility index (Phi) is 3.87. The van der Waals surface area contributed by atoms with Crippen LogP contribution in [0.1, 0.15) is 32.1 Å². The highest BCUT2D eigenvalue weighted by Gasteiger charge is 2.35. The summed E-state index contributed by atoms with van der Waals surface area (Å²) in [5.74, 6) is 0.829. The second kappa shape index (κ2) is 5.02. The third-order valence-electron chi connectivity index (χ3n) is 3.76. The zero-order chi connectivity index (χ0) is 11.6. The molecule has 1 saturated carbocycles. The SMILES string of the molecule is O=S1(=O)CC(O)C(NCCC2CCCC2)C1. The van der Waals surface area contributed by atoms with Gasteiger partial charge in [0.25, 0.3) is 0 Å². The molecule has 5 heteroatoms. The average molecular weight is 247 g/mol. The number of aliphatic hydroxyl groups excluding tert-OH is 1. The Hall–Kier alpha value is -0.130. The molecule has 0 bridgehead atoms. The van der Waals surface area contributed by atoms with Gasteiger partial charge in [-0.2, -0.15) is 0 Å². The summed E-state index contributed by atoms with van der Waals surface area (Å²) in [6, 6.07) is -0.244. The van der Waals surface area contributed by atoms with E-state index in [-0.39, 0.29) is 17.5 Å². The normalized spacial score (nSPS) is 34.6. The molecule has 2 unspecified atom stereocenters. The minimum Gasteiger partial charge on any atom is -0.390 e. The average Bonchev–Trinajstić information content (AvgIpc) is 2.75. The van der Waals surface area contributed by atoms with Gasteiger partial charge in [0, 0.05) is 6.04 Å². The van der Waals surface area contributed by atoms with Gasteiger partial charge in [-0.05, 0) is 18.9 Å². The highest BCUT2D eigenvalue weighted by Crippen LogP contribution is 2.27. The van der Waals surface area contributed by atoms with Crippen molar-refractivity contribution >= 4 is 9.84 Å². The van der Waals surface area contributed by atoms with E-state index >= 15 is 0 Å². The highest BCUT2D eigenvalue weighted by atomic mass is 32.2. The molecule has 94 valence electrons. The zero-order valence-corrected chi connectivity index (χ0v) is 10.4. The molecule has 0 aromatic carbocycles. The van der Waals surface area contributed by atoms with E-state index in [1.165, 1.54) is 25.7 Å². The van der Waals surface area contributed by atoms with E-state index in [1.807, 2.05) is 0 Å². The quantitative estimate of drug-likeness (QED) is 0.750. The first kappa shape index (κ1) is 12.3.